The van der Waals surface area contributed by atoms with E-state index in [0.717, 1.165) is 23.3 Å². The van der Waals surface area contributed by atoms with Crippen LogP contribution in [0.4, 0.5) is 4.39 Å². The summed E-state index contributed by atoms with van der Waals surface area (Å²) in [4.78, 5) is 4.60. The van der Waals surface area contributed by atoms with E-state index in [1.807, 2.05) is 6.92 Å². The van der Waals surface area contributed by atoms with E-state index in [-0.39, 0.29) is 10.4 Å². The van der Waals surface area contributed by atoms with Crippen LogP contribution in [-0.4, -0.2) is 9.55 Å². The van der Waals surface area contributed by atoms with E-state index >= 15 is 0 Å². The predicted molar refractivity (Wildman–Crippen MR) is 85.6 cm³/mol. The molecule has 0 radical (unpaired) electrons. The standard InChI is InChI=1S/C16H19Cl2FN2/c1-8-4-5-14(9(8)2)21-15-7-12(19)11(18)6-13(15)20-16(21)10(3)17/h6-10,14H,4-5H2,1-3H3. The van der Waals surface area contributed by atoms with Crippen LogP contribution in [-0.2, 0) is 0 Å². The van der Waals surface area contributed by atoms with Crippen LogP contribution in [0, 0.1) is 17.7 Å². The molecule has 5 heteroatoms. The van der Waals surface area contributed by atoms with Gasteiger partial charge in [-0.2, -0.15) is 0 Å². The van der Waals surface area contributed by atoms with Crippen molar-refractivity contribution >= 4 is 34.2 Å². The third kappa shape index (κ3) is 2.44. The van der Waals surface area contributed by atoms with Crippen LogP contribution in [0.15, 0.2) is 12.1 Å². The fourth-order valence-corrected chi connectivity index (χ4v) is 3.75. The van der Waals surface area contributed by atoms with Gasteiger partial charge in [0.05, 0.1) is 21.4 Å². The zero-order valence-corrected chi connectivity index (χ0v) is 13.9. The van der Waals surface area contributed by atoms with Crippen LogP contribution in [0.2, 0.25) is 5.02 Å². The number of rotatable bonds is 2. The summed E-state index contributed by atoms with van der Waals surface area (Å²) in [5.74, 6) is 1.58. The Labute approximate surface area is 134 Å². The molecule has 21 heavy (non-hydrogen) atoms. The van der Waals surface area contributed by atoms with Crippen LogP contribution < -0.4 is 0 Å². The fourth-order valence-electron chi connectivity index (χ4n) is 3.44. The molecule has 2 nitrogen and oxygen atoms in total. The van der Waals surface area contributed by atoms with Gasteiger partial charge in [0.15, 0.2) is 0 Å². The van der Waals surface area contributed by atoms with Crippen molar-refractivity contribution in [2.24, 2.45) is 11.8 Å². The van der Waals surface area contributed by atoms with Gasteiger partial charge in [-0.15, -0.1) is 11.6 Å². The van der Waals surface area contributed by atoms with Crippen molar-refractivity contribution in [1.29, 1.82) is 0 Å². The second-order valence-corrected chi connectivity index (χ2v) is 7.25. The number of hydrogen-bond acceptors (Lipinski definition) is 1. The molecule has 1 fully saturated rings. The molecule has 0 saturated heterocycles. The normalized spacial score (nSPS) is 27.4. The minimum atomic E-state index is -0.405. The van der Waals surface area contributed by atoms with E-state index in [9.17, 15) is 4.39 Å². The summed E-state index contributed by atoms with van der Waals surface area (Å²) in [6.07, 6.45) is 2.26. The van der Waals surface area contributed by atoms with E-state index in [4.69, 9.17) is 23.2 Å². The topological polar surface area (TPSA) is 17.8 Å². The van der Waals surface area contributed by atoms with Gasteiger partial charge in [-0.1, -0.05) is 25.4 Å². The lowest BCUT2D eigenvalue weighted by Crippen LogP contribution is -2.17. The predicted octanol–water partition coefficient (Wildman–Crippen LogP) is 5.74. The third-order valence-corrected chi connectivity index (χ3v) is 5.35. The van der Waals surface area contributed by atoms with Gasteiger partial charge in [-0.25, -0.2) is 9.37 Å². The maximum Gasteiger partial charge on any atom is 0.144 e. The highest BCUT2D eigenvalue weighted by atomic mass is 35.5. The van der Waals surface area contributed by atoms with Crippen molar-refractivity contribution in [3.8, 4) is 0 Å². The summed E-state index contributed by atoms with van der Waals surface area (Å²) in [5.41, 5.74) is 1.51. The Morgan fingerprint density at radius 2 is 2.05 bits per heavy atom. The van der Waals surface area contributed by atoms with E-state index in [1.165, 1.54) is 12.5 Å². The number of halogens is 3. The summed E-state index contributed by atoms with van der Waals surface area (Å²) in [6, 6.07) is 3.40. The zero-order chi connectivity index (χ0) is 15.3. The van der Waals surface area contributed by atoms with E-state index in [1.54, 1.807) is 6.07 Å². The molecule has 1 heterocycles. The molecule has 3 rings (SSSR count). The second-order valence-electron chi connectivity index (χ2n) is 6.19. The number of fused-ring (bicyclic) bond motifs is 1. The number of hydrogen-bond donors (Lipinski definition) is 0. The molecule has 0 N–H and O–H groups in total. The van der Waals surface area contributed by atoms with Crippen molar-refractivity contribution in [3.05, 3.63) is 28.8 Å². The monoisotopic (exact) mass is 328 g/mol. The van der Waals surface area contributed by atoms with Crippen LogP contribution in [0.3, 0.4) is 0 Å². The first kappa shape index (κ1) is 15.1. The molecule has 0 aliphatic heterocycles. The average Bonchev–Trinajstić information content (AvgIpc) is 2.93. The lowest BCUT2D eigenvalue weighted by Gasteiger charge is -2.23. The van der Waals surface area contributed by atoms with Gasteiger partial charge in [-0.05, 0) is 37.7 Å². The highest BCUT2D eigenvalue weighted by Crippen LogP contribution is 2.43. The van der Waals surface area contributed by atoms with E-state index < -0.39 is 5.82 Å². The van der Waals surface area contributed by atoms with Crippen molar-refractivity contribution in [2.45, 2.75) is 45.0 Å². The largest absolute Gasteiger partial charge is 0.323 e. The molecule has 1 saturated carbocycles. The Bertz CT molecular complexity index is 680. The molecule has 4 atom stereocenters. The number of alkyl halides is 1. The molecule has 2 aromatic rings. The number of benzene rings is 1. The molecular weight excluding hydrogens is 310 g/mol. The Balaban J connectivity index is 2.23. The zero-order valence-electron chi connectivity index (χ0n) is 12.4. The average molecular weight is 329 g/mol. The highest BCUT2D eigenvalue weighted by molar-refractivity contribution is 6.31. The van der Waals surface area contributed by atoms with Crippen LogP contribution in [0.5, 0.6) is 0 Å². The molecule has 4 unspecified atom stereocenters. The quantitative estimate of drug-likeness (QED) is 0.643. The Hall–Kier alpha value is -0.800. The van der Waals surface area contributed by atoms with Crippen molar-refractivity contribution in [3.63, 3.8) is 0 Å². The number of nitrogens with zero attached hydrogens (tertiary/aromatic N) is 2. The van der Waals surface area contributed by atoms with Crippen molar-refractivity contribution < 1.29 is 4.39 Å². The van der Waals surface area contributed by atoms with Crippen LogP contribution in [0.1, 0.15) is 50.9 Å². The lowest BCUT2D eigenvalue weighted by atomic mass is 9.97. The summed E-state index contributed by atoms with van der Waals surface area (Å²) in [5, 5.41) is -0.115. The van der Waals surface area contributed by atoms with Gasteiger partial charge in [-0.3, -0.25) is 0 Å². The van der Waals surface area contributed by atoms with Crippen molar-refractivity contribution in [2.75, 3.05) is 0 Å². The maximum absolute atomic E-state index is 13.9. The fraction of sp³-hybridized carbons (Fsp3) is 0.562. The van der Waals surface area contributed by atoms with Crippen LogP contribution in [0.25, 0.3) is 11.0 Å². The molecule has 1 aromatic carbocycles. The van der Waals surface area contributed by atoms with Gasteiger partial charge in [0.25, 0.3) is 0 Å². The van der Waals surface area contributed by atoms with Gasteiger partial charge < -0.3 is 4.57 Å². The summed E-state index contributed by atoms with van der Waals surface area (Å²) in [7, 11) is 0. The second kappa shape index (κ2) is 5.44. The molecule has 0 spiro atoms. The number of imidazole rings is 1. The van der Waals surface area contributed by atoms with Gasteiger partial charge >= 0.3 is 0 Å². The minimum absolute atomic E-state index is 0.105. The Morgan fingerprint density at radius 1 is 1.33 bits per heavy atom. The Morgan fingerprint density at radius 3 is 2.62 bits per heavy atom. The lowest BCUT2D eigenvalue weighted by molar-refractivity contribution is 0.352. The molecule has 114 valence electrons. The van der Waals surface area contributed by atoms with Crippen LogP contribution >= 0.6 is 23.2 Å². The smallest absolute Gasteiger partial charge is 0.144 e. The van der Waals surface area contributed by atoms with Crippen molar-refractivity contribution in [1.82, 2.24) is 9.55 Å². The molecule has 0 amide bonds. The van der Waals surface area contributed by atoms with E-state index in [2.05, 4.69) is 23.4 Å². The summed E-state index contributed by atoms with van der Waals surface area (Å²) in [6.45, 7) is 6.43. The minimum Gasteiger partial charge on any atom is -0.323 e. The van der Waals surface area contributed by atoms with Gasteiger partial charge in [0.1, 0.15) is 11.6 Å². The molecule has 1 aliphatic rings. The highest BCUT2D eigenvalue weighted by Gasteiger charge is 2.34. The first-order valence-corrected chi connectivity index (χ1v) is 8.22. The molecule has 1 aliphatic carbocycles. The summed E-state index contributed by atoms with van der Waals surface area (Å²) < 4.78 is 16.0. The number of aromatic nitrogens is 2. The maximum atomic E-state index is 13.9. The first-order valence-electron chi connectivity index (χ1n) is 7.41. The molecule has 0 bridgehead atoms. The molecular formula is C16H19Cl2FN2. The molecule has 1 aromatic heterocycles. The first-order chi connectivity index (χ1) is 9.90. The Kier molecular flexibility index (Phi) is 3.91. The van der Waals surface area contributed by atoms with Gasteiger partial charge in [0, 0.05) is 12.1 Å². The van der Waals surface area contributed by atoms with E-state index in [0.29, 0.717) is 17.9 Å². The van der Waals surface area contributed by atoms with Gasteiger partial charge in [0.2, 0.25) is 0 Å². The summed E-state index contributed by atoms with van der Waals surface area (Å²) >= 11 is 12.2. The SMILES string of the molecule is CC(Cl)c1nc2cc(Cl)c(F)cc2n1C1CCC(C)C1C. The third-order valence-electron chi connectivity index (χ3n) is 4.87.